The number of phenolic OH excluding ortho intramolecular Hbond substituents is 2. The molecule has 0 bridgehead atoms. The van der Waals surface area contributed by atoms with E-state index >= 15 is 8.78 Å². The summed E-state index contributed by atoms with van der Waals surface area (Å²) in [6.07, 6.45) is 1.90. The Hall–Kier alpha value is -7.58. The fourth-order valence-electron chi connectivity index (χ4n) is 14.9. The monoisotopic (exact) mass is 1250 g/mol. The quantitative estimate of drug-likeness (QED) is 0.106. The summed E-state index contributed by atoms with van der Waals surface area (Å²) < 4.78 is 50.9. The fourth-order valence-corrected chi connectivity index (χ4v) is 14.9. The number of hydrogen-bond donors (Lipinski definition) is 2. The van der Waals surface area contributed by atoms with Crippen molar-refractivity contribution in [3.63, 3.8) is 0 Å². The molecular formula is C85H104F2N2O4. The number of phenols is 2. The molecule has 2 aromatic heterocycles. The molecule has 0 fully saturated rings. The normalized spacial score (nSPS) is 13.4. The van der Waals surface area contributed by atoms with Crippen molar-refractivity contribution >= 4 is 43.6 Å². The van der Waals surface area contributed by atoms with Gasteiger partial charge in [0.15, 0.2) is 23.0 Å². The van der Waals surface area contributed by atoms with Gasteiger partial charge in [-0.3, -0.25) is 0 Å². The first-order valence-corrected chi connectivity index (χ1v) is 33.6. The van der Waals surface area contributed by atoms with E-state index in [0.717, 1.165) is 78.7 Å². The van der Waals surface area contributed by atoms with Crippen LogP contribution in [0.3, 0.4) is 0 Å². The highest BCUT2D eigenvalue weighted by molar-refractivity contribution is 6.12. The van der Waals surface area contributed by atoms with Crippen molar-refractivity contribution < 1.29 is 28.5 Å². The van der Waals surface area contributed by atoms with Crippen LogP contribution in [0.15, 0.2) is 121 Å². The predicted molar refractivity (Wildman–Crippen MR) is 390 cm³/mol. The molecule has 0 aliphatic carbocycles. The van der Waals surface area contributed by atoms with E-state index in [1.54, 1.807) is 0 Å². The Morgan fingerprint density at radius 1 is 0.366 bits per heavy atom. The smallest absolute Gasteiger partial charge is 0.151 e. The number of benzene rings is 8. The molecule has 2 N–H and O–H groups in total. The van der Waals surface area contributed by atoms with E-state index in [0.29, 0.717) is 51.5 Å². The molecular weight excluding hydrogens is 1150 g/mol. The molecule has 0 saturated heterocycles. The topological polar surface area (TPSA) is 68.8 Å². The molecule has 0 spiro atoms. The van der Waals surface area contributed by atoms with E-state index in [-0.39, 0.29) is 68.8 Å². The predicted octanol–water partition coefficient (Wildman–Crippen LogP) is 24.0. The van der Waals surface area contributed by atoms with Gasteiger partial charge >= 0.3 is 0 Å². The van der Waals surface area contributed by atoms with Gasteiger partial charge in [0.2, 0.25) is 0 Å². The van der Waals surface area contributed by atoms with Crippen LogP contribution in [-0.4, -0.2) is 32.6 Å². The van der Waals surface area contributed by atoms with Crippen molar-refractivity contribution in [2.24, 2.45) is 10.8 Å². The van der Waals surface area contributed by atoms with Gasteiger partial charge in [0, 0.05) is 50.2 Å². The molecule has 0 saturated carbocycles. The lowest BCUT2D eigenvalue weighted by Gasteiger charge is -2.36. The highest BCUT2D eigenvalue weighted by atomic mass is 19.1. The molecule has 0 radical (unpaired) electrons. The second-order valence-corrected chi connectivity index (χ2v) is 34.9. The number of aromatic nitrogens is 2. The van der Waals surface area contributed by atoms with Crippen LogP contribution >= 0.6 is 0 Å². The molecule has 0 unspecified atom stereocenters. The lowest BCUT2D eigenvalue weighted by molar-refractivity contribution is 0.229. The van der Waals surface area contributed by atoms with E-state index in [1.165, 1.54) is 46.5 Å². The maximum Gasteiger partial charge on any atom is 0.151 e. The summed E-state index contributed by atoms with van der Waals surface area (Å²) in [4.78, 5) is 0. The third-order valence-corrected chi connectivity index (χ3v) is 18.8. The minimum Gasteiger partial charge on any atom is -0.505 e. The van der Waals surface area contributed by atoms with Crippen LogP contribution in [-0.2, 0) is 32.5 Å². The average Bonchev–Trinajstić information content (AvgIpc) is 1.63. The zero-order valence-electron chi connectivity index (χ0n) is 60.4. The first kappa shape index (κ1) is 68.3. The summed E-state index contributed by atoms with van der Waals surface area (Å²) in [6.45, 7) is 53.4. The van der Waals surface area contributed by atoms with Crippen LogP contribution in [0.2, 0.25) is 0 Å². The van der Waals surface area contributed by atoms with Crippen molar-refractivity contribution in [3.05, 3.63) is 177 Å². The number of hydrogen-bond acceptors (Lipinski definition) is 4. The van der Waals surface area contributed by atoms with Crippen molar-refractivity contribution in [3.8, 4) is 56.6 Å². The number of halogens is 2. The summed E-state index contributed by atoms with van der Waals surface area (Å²) in [5, 5.41) is 31.2. The Bertz CT molecular complexity index is 4070. The molecule has 93 heavy (non-hydrogen) atoms. The Labute approximate surface area is 554 Å². The Morgan fingerprint density at radius 3 is 0.892 bits per heavy atom. The fraction of sp³-hybridized carbons (Fsp3) is 0.435. The van der Waals surface area contributed by atoms with Gasteiger partial charge < -0.3 is 28.8 Å². The van der Waals surface area contributed by atoms with Crippen LogP contribution in [0.5, 0.6) is 23.0 Å². The molecule has 2 heterocycles. The van der Waals surface area contributed by atoms with Crippen LogP contribution in [0.4, 0.5) is 8.78 Å². The SMILES string of the molecule is Cc1cc(F)cc(-c2cc(C(C)(C)CC(C)(C)C)c(OCCCOc3c(C(C)(C)CC(C)(C)C)cc(-c4cc(C)cc(F)c4)c(O)c3-n3c4ccc(C(C)(C)C)cc4c4cc(C(C)(C)C)ccc43)c(-n3c4ccc(C(C)(C)C)cc4c4cc(C(C)(C)C)ccc43)c2O)c1. The van der Waals surface area contributed by atoms with Crippen molar-refractivity contribution in [1.82, 2.24) is 9.13 Å². The highest BCUT2D eigenvalue weighted by Gasteiger charge is 2.38. The Balaban J connectivity index is 1.21. The largest absolute Gasteiger partial charge is 0.505 e. The number of aryl methyl sites for hydroxylation is 2. The van der Waals surface area contributed by atoms with Gasteiger partial charge in [0.25, 0.3) is 0 Å². The lowest BCUT2D eigenvalue weighted by atomic mass is 9.71. The minimum atomic E-state index is -0.549. The van der Waals surface area contributed by atoms with Crippen LogP contribution in [0.1, 0.15) is 216 Å². The van der Waals surface area contributed by atoms with E-state index in [2.05, 4.69) is 234 Å². The second kappa shape index (κ2) is 23.7. The lowest BCUT2D eigenvalue weighted by Crippen LogP contribution is -2.27. The molecule has 0 aliphatic rings. The van der Waals surface area contributed by atoms with E-state index in [9.17, 15) is 10.2 Å². The van der Waals surface area contributed by atoms with Gasteiger partial charge in [0.05, 0.1) is 35.3 Å². The molecule has 8 aromatic carbocycles. The Kier molecular flexibility index (Phi) is 17.4. The molecule has 8 heteroatoms. The van der Waals surface area contributed by atoms with Crippen LogP contribution < -0.4 is 9.47 Å². The molecule has 0 atom stereocenters. The number of rotatable bonds is 14. The molecule has 492 valence electrons. The summed E-state index contributed by atoms with van der Waals surface area (Å²) in [7, 11) is 0. The molecule has 0 amide bonds. The van der Waals surface area contributed by atoms with E-state index < -0.39 is 10.8 Å². The number of aromatic hydroxyl groups is 2. The minimum absolute atomic E-state index is 0.0185. The number of ether oxygens (including phenoxy) is 2. The number of fused-ring (bicyclic) bond motifs is 6. The number of nitrogens with zero attached hydrogens (tertiary/aromatic N) is 2. The van der Waals surface area contributed by atoms with Crippen molar-refractivity contribution in [1.29, 1.82) is 0 Å². The summed E-state index contributed by atoms with van der Waals surface area (Å²) >= 11 is 0. The van der Waals surface area contributed by atoms with Gasteiger partial charge in [-0.05, 0) is 199 Å². The van der Waals surface area contributed by atoms with Crippen molar-refractivity contribution in [2.45, 2.75) is 218 Å². The highest BCUT2D eigenvalue weighted by Crippen LogP contribution is 2.55. The van der Waals surface area contributed by atoms with Gasteiger partial charge in [0.1, 0.15) is 23.0 Å². The first-order valence-electron chi connectivity index (χ1n) is 33.6. The maximum atomic E-state index is 15.8. The third kappa shape index (κ3) is 13.7. The van der Waals surface area contributed by atoms with Gasteiger partial charge in [-0.15, -0.1) is 0 Å². The maximum absolute atomic E-state index is 15.8. The van der Waals surface area contributed by atoms with E-state index in [1.807, 2.05) is 38.1 Å². The zero-order chi connectivity index (χ0) is 68.4. The standard InChI is InChI=1S/C85H104F2N2O4/c1-50-36-52(40-58(86)38-50)60-46-66(84(21,22)48-78(3,4)5)76(72(74(60)90)88-68-30-26-54(80(9,10)11)42-62(68)63-43-55(81(12,13)14)27-31-69(63)88)92-34-25-35-93-77-67(85(23,24)49-79(6,7)8)47-61(53-37-51(2)39-59(87)41-53)75(91)73(77)89-70-32-28-56(82(15,16)17)44-64(70)65-45-57(83(18,19)20)29-33-71(65)89/h26-33,36-47,90-91H,25,34-35,48-49H2,1-24H3. The second-order valence-electron chi connectivity index (χ2n) is 34.9. The zero-order valence-corrected chi connectivity index (χ0v) is 60.4. The van der Waals surface area contributed by atoms with Crippen molar-refractivity contribution in [2.75, 3.05) is 13.2 Å². The van der Waals surface area contributed by atoms with Crippen LogP contribution in [0, 0.1) is 36.3 Å². The summed E-state index contributed by atoms with van der Waals surface area (Å²) in [5.74, 6) is 0.264. The molecule has 10 rings (SSSR count). The van der Waals surface area contributed by atoms with Gasteiger partial charge in [-0.25, -0.2) is 8.78 Å². The van der Waals surface area contributed by atoms with Gasteiger partial charge in [-0.2, -0.15) is 0 Å². The molecule has 0 aliphatic heterocycles. The first-order chi connectivity index (χ1) is 42.8. The van der Waals surface area contributed by atoms with E-state index in [4.69, 9.17) is 9.47 Å². The average molecular weight is 1260 g/mol. The molecule has 6 nitrogen and oxygen atoms in total. The summed E-state index contributed by atoms with van der Waals surface area (Å²) in [6, 6.07) is 40.8. The third-order valence-electron chi connectivity index (χ3n) is 18.8. The Morgan fingerprint density at radius 2 is 0.645 bits per heavy atom. The van der Waals surface area contributed by atoms with Crippen LogP contribution in [0.25, 0.3) is 77.2 Å². The summed E-state index contributed by atoms with van der Waals surface area (Å²) in [5.41, 5.74) is 12.8. The van der Waals surface area contributed by atoms with Gasteiger partial charge in [-0.1, -0.05) is 189 Å². The molecule has 10 aromatic rings.